The van der Waals surface area contributed by atoms with Crippen LogP contribution in [0.1, 0.15) is 36.1 Å². The lowest BCUT2D eigenvalue weighted by Crippen LogP contribution is -2.37. The number of ether oxygens (including phenoxy) is 1. The van der Waals surface area contributed by atoms with Crippen LogP contribution in [0.25, 0.3) is 0 Å². The van der Waals surface area contributed by atoms with Crippen LogP contribution < -0.4 is 4.90 Å². The first-order valence-electron chi connectivity index (χ1n) is 8.07. The van der Waals surface area contributed by atoms with Gasteiger partial charge >= 0.3 is 6.18 Å². The van der Waals surface area contributed by atoms with E-state index in [1.165, 1.54) is 10.9 Å². The quantitative estimate of drug-likeness (QED) is 0.844. The third-order valence-electron chi connectivity index (χ3n) is 4.15. The molecule has 1 aliphatic heterocycles. The zero-order valence-electron chi connectivity index (χ0n) is 14.1. The van der Waals surface area contributed by atoms with Crippen LogP contribution in [0, 0.1) is 6.92 Å². The Hall–Kier alpha value is -2.16. The van der Waals surface area contributed by atoms with Gasteiger partial charge in [-0.1, -0.05) is 0 Å². The second-order valence-corrected chi connectivity index (χ2v) is 6.14. The van der Waals surface area contributed by atoms with Crippen LogP contribution in [0.5, 0.6) is 0 Å². The van der Waals surface area contributed by atoms with Gasteiger partial charge in [0.25, 0.3) is 0 Å². The molecule has 0 radical (unpaired) electrons. The predicted molar refractivity (Wildman–Crippen MR) is 85.2 cm³/mol. The van der Waals surface area contributed by atoms with Crippen molar-refractivity contribution in [1.82, 2.24) is 19.7 Å². The molecule has 0 N–H and O–H groups in total. The zero-order valence-corrected chi connectivity index (χ0v) is 14.1. The molecule has 3 rings (SSSR count). The van der Waals surface area contributed by atoms with E-state index in [1.807, 2.05) is 13.0 Å². The zero-order chi connectivity index (χ0) is 18.0. The average Bonchev–Trinajstić information content (AvgIpc) is 3.05. The minimum atomic E-state index is -4.42. The molecule has 2 aromatic rings. The summed E-state index contributed by atoms with van der Waals surface area (Å²) in [6.45, 7) is 3.56. The van der Waals surface area contributed by atoms with E-state index in [1.54, 1.807) is 7.11 Å². The number of piperidine rings is 1. The van der Waals surface area contributed by atoms with Crippen LogP contribution in [0.3, 0.4) is 0 Å². The van der Waals surface area contributed by atoms with Crippen molar-refractivity contribution in [3.05, 3.63) is 35.5 Å². The minimum absolute atomic E-state index is 0.119. The number of hydrogen-bond donors (Lipinski definition) is 0. The normalized spacial score (nSPS) is 18.6. The van der Waals surface area contributed by atoms with Gasteiger partial charge in [0.2, 0.25) is 0 Å². The first-order chi connectivity index (χ1) is 11.9. The number of rotatable bonds is 4. The molecule has 136 valence electrons. The van der Waals surface area contributed by atoms with Crippen LogP contribution in [-0.4, -0.2) is 39.9 Å². The van der Waals surface area contributed by atoms with Crippen molar-refractivity contribution in [1.29, 1.82) is 0 Å². The molecule has 0 bridgehead atoms. The SMILES string of the molecule is COCc1nc(C)cc(N2CCCC(n3ccc(C(F)(F)F)n3)C2)n1. The number of halogens is 3. The number of hydrogen-bond acceptors (Lipinski definition) is 5. The highest BCUT2D eigenvalue weighted by atomic mass is 19.4. The number of aromatic nitrogens is 4. The summed E-state index contributed by atoms with van der Waals surface area (Å²) in [4.78, 5) is 10.9. The molecule has 25 heavy (non-hydrogen) atoms. The first-order valence-corrected chi connectivity index (χ1v) is 8.07. The van der Waals surface area contributed by atoms with Gasteiger partial charge in [-0.05, 0) is 25.8 Å². The number of methoxy groups -OCH3 is 1. The van der Waals surface area contributed by atoms with E-state index in [-0.39, 0.29) is 6.04 Å². The second kappa shape index (κ2) is 6.99. The summed E-state index contributed by atoms with van der Waals surface area (Å²) >= 11 is 0. The highest BCUT2D eigenvalue weighted by Gasteiger charge is 2.34. The monoisotopic (exact) mass is 355 g/mol. The Bertz CT molecular complexity index is 731. The van der Waals surface area contributed by atoms with Gasteiger partial charge in [-0.15, -0.1) is 0 Å². The summed E-state index contributed by atoms with van der Waals surface area (Å²) in [5.74, 6) is 1.37. The average molecular weight is 355 g/mol. The maximum Gasteiger partial charge on any atom is 0.435 e. The molecule has 0 amide bonds. The molecule has 3 heterocycles. The van der Waals surface area contributed by atoms with Gasteiger partial charge in [0.05, 0.1) is 6.04 Å². The van der Waals surface area contributed by atoms with Gasteiger partial charge in [-0.25, -0.2) is 9.97 Å². The van der Waals surface area contributed by atoms with Gasteiger partial charge in [0, 0.05) is 38.2 Å². The Kier molecular flexibility index (Phi) is 4.94. The Morgan fingerprint density at radius 3 is 2.80 bits per heavy atom. The number of anilines is 1. The van der Waals surface area contributed by atoms with Gasteiger partial charge in [-0.2, -0.15) is 18.3 Å². The molecule has 0 aliphatic carbocycles. The smallest absolute Gasteiger partial charge is 0.377 e. The third-order valence-corrected chi connectivity index (χ3v) is 4.15. The highest BCUT2D eigenvalue weighted by molar-refractivity contribution is 5.40. The molecule has 0 spiro atoms. The molecule has 1 saturated heterocycles. The lowest BCUT2D eigenvalue weighted by Gasteiger charge is -2.34. The summed E-state index contributed by atoms with van der Waals surface area (Å²) in [5, 5.41) is 3.71. The molecular formula is C16H20F3N5O. The molecule has 1 unspecified atom stereocenters. The molecule has 9 heteroatoms. The molecule has 2 aromatic heterocycles. The van der Waals surface area contributed by atoms with Crippen LogP contribution in [0.2, 0.25) is 0 Å². The molecular weight excluding hydrogens is 335 g/mol. The second-order valence-electron chi connectivity index (χ2n) is 6.14. The van der Waals surface area contributed by atoms with Crippen LogP contribution in [0.4, 0.5) is 19.0 Å². The Labute approximate surface area is 143 Å². The third kappa shape index (κ3) is 4.09. The molecule has 0 aromatic carbocycles. The van der Waals surface area contributed by atoms with Crippen molar-refractivity contribution in [3.8, 4) is 0 Å². The molecule has 0 saturated carbocycles. The van der Waals surface area contributed by atoms with Gasteiger partial charge in [-0.3, -0.25) is 4.68 Å². The fourth-order valence-electron chi connectivity index (χ4n) is 3.04. The maximum absolute atomic E-state index is 12.8. The van der Waals surface area contributed by atoms with Gasteiger partial charge in [0.1, 0.15) is 12.4 Å². The summed E-state index contributed by atoms with van der Waals surface area (Å²) in [5.41, 5.74) is -0.0255. The van der Waals surface area contributed by atoms with Crippen molar-refractivity contribution in [2.75, 3.05) is 25.1 Å². The maximum atomic E-state index is 12.8. The predicted octanol–water partition coefficient (Wildman–Crippen LogP) is 2.99. The number of nitrogens with zero attached hydrogens (tertiary/aromatic N) is 5. The van der Waals surface area contributed by atoms with E-state index in [0.29, 0.717) is 19.0 Å². The summed E-state index contributed by atoms with van der Waals surface area (Å²) in [6, 6.07) is 2.78. The molecule has 6 nitrogen and oxygen atoms in total. The molecule has 1 fully saturated rings. The van der Waals surface area contributed by atoms with E-state index in [9.17, 15) is 13.2 Å². The summed E-state index contributed by atoms with van der Waals surface area (Å²) in [6.07, 6.45) is -1.38. The van der Waals surface area contributed by atoms with E-state index >= 15 is 0 Å². The molecule has 1 aliphatic rings. The first kappa shape index (κ1) is 17.7. The lowest BCUT2D eigenvalue weighted by molar-refractivity contribution is -0.141. The Morgan fingerprint density at radius 1 is 1.32 bits per heavy atom. The van der Waals surface area contributed by atoms with E-state index in [2.05, 4.69) is 20.0 Å². The van der Waals surface area contributed by atoms with Crippen molar-refractivity contribution in [2.24, 2.45) is 0 Å². The summed E-state index contributed by atoms with van der Waals surface area (Å²) < 4.78 is 44.8. The largest absolute Gasteiger partial charge is 0.435 e. The van der Waals surface area contributed by atoms with Crippen molar-refractivity contribution in [2.45, 2.75) is 38.6 Å². The lowest BCUT2D eigenvalue weighted by atomic mass is 10.1. The van der Waals surface area contributed by atoms with E-state index < -0.39 is 11.9 Å². The van der Waals surface area contributed by atoms with Crippen molar-refractivity contribution in [3.63, 3.8) is 0 Å². The van der Waals surface area contributed by atoms with Gasteiger partial charge in [0.15, 0.2) is 11.5 Å². The fraction of sp³-hybridized carbons (Fsp3) is 0.562. The van der Waals surface area contributed by atoms with Crippen LogP contribution in [-0.2, 0) is 17.5 Å². The van der Waals surface area contributed by atoms with Crippen molar-refractivity contribution < 1.29 is 17.9 Å². The van der Waals surface area contributed by atoms with Crippen LogP contribution >= 0.6 is 0 Å². The fourth-order valence-corrected chi connectivity index (χ4v) is 3.04. The molecule has 1 atom stereocenters. The Balaban J connectivity index is 1.78. The summed E-state index contributed by atoms with van der Waals surface area (Å²) in [7, 11) is 1.58. The standard InChI is InChI=1S/C16H20F3N5O/c1-11-8-15(21-14(20-11)10-25-2)23-6-3-4-12(9-23)24-7-5-13(22-24)16(17,18)19/h5,7-8,12H,3-4,6,9-10H2,1-2H3. The van der Waals surface area contributed by atoms with Crippen molar-refractivity contribution >= 4 is 5.82 Å². The van der Waals surface area contributed by atoms with E-state index in [0.717, 1.165) is 37.0 Å². The Morgan fingerprint density at radius 2 is 2.12 bits per heavy atom. The van der Waals surface area contributed by atoms with Gasteiger partial charge < -0.3 is 9.64 Å². The number of alkyl halides is 3. The van der Waals surface area contributed by atoms with Crippen LogP contribution in [0.15, 0.2) is 18.3 Å². The minimum Gasteiger partial charge on any atom is -0.377 e. The topological polar surface area (TPSA) is 56.1 Å². The van der Waals surface area contributed by atoms with E-state index in [4.69, 9.17) is 4.74 Å². The number of aryl methyl sites for hydroxylation is 1. The highest BCUT2D eigenvalue weighted by Crippen LogP contribution is 2.30.